The third-order valence-electron chi connectivity index (χ3n) is 3.61. The average molecular weight is 457 g/mol. The number of benzene rings is 4. The Morgan fingerprint density at radius 1 is 0.448 bits per heavy atom. The Kier molecular flexibility index (Phi) is 9.22. The van der Waals surface area contributed by atoms with Gasteiger partial charge in [0.05, 0.1) is 0 Å². The van der Waals surface area contributed by atoms with Crippen molar-refractivity contribution in [3.63, 3.8) is 0 Å². The number of hydrogen-bond acceptors (Lipinski definition) is 4. The maximum atomic E-state index is 5.56. The second kappa shape index (κ2) is 11.9. The van der Waals surface area contributed by atoms with Gasteiger partial charge in [-0.05, 0) is 48.5 Å². The summed E-state index contributed by atoms with van der Waals surface area (Å²) < 4.78 is 11.1. The van der Waals surface area contributed by atoms with E-state index >= 15 is 0 Å². The molecule has 4 nitrogen and oxygen atoms in total. The summed E-state index contributed by atoms with van der Waals surface area (Å²) in [6.45, 7) is 0. The van der Waals surface area contributed by atoms with Crippen molar-refractivity contribution in [2.45, 2.75) is 0 Å². The maximum absolute atomic E-state index is 5.56. The van der Waals surface area contributed by atoms with Gasteiger partial charge in [0.1, 0.15) is 11.5 Å². The molecule has 0 fully saturated rings. The number of nitrogens with two attached hydrogens (primary N) is 2. The molecule has 0 aliphatic rings. The summed E-state index contributed by atoms with van der Waals surface area (Å²) in [6, 6.07) is 35.1. The Bertz CT molecular complexity index is 878. The summed E-state index contributed by atoms with van der Waals surface area (Å²) in [4.78, 5) is 0. The van der Waals surface area contributed by atoms with E-state index in [1.54, 1.807) is 0 Å². The monoisotopic (exact) mass is 457 g/mol. The normalized spacial score (nSPS) is 9.38. The van der Waals surface area contributed by atoms with Crippen molar-refractivity contribution < 1.29 is 42.2 Å². The van der Waals surface area contributed by atoms with Crippen molar-refractivity contribution in [3.8, 4) is 23.0 Å². The Morgan fingerprint density at radius 2 is 0.724 bits per heavy atom. The zero-order chi connectivity index (χ0) is 19.6. The van der Waals surface area contributed by atoms with Crippen LogP contribution in [0.25, 0.3) is 0 Å². The Labute approximate surface area is 196 Å². The van der Waals surface area contributed by atoms with Crippen LogP contribution in [0.3, 0.4) is 0 Å². The smallest absolute Gasteiger partial charge is 0.483 e. The number of nitrogen functional groups attached to an aromatic ring is 2. The Morgan fingerprint density at radius 3 is 1.03 bits per heavy atom. The number of hydrogen-bond donors (Lipinski definition) is 2. The summed E-state index contributed by atoms with van der Waals surface area (Å²) in [7, 11) is 0. The van der Waals surface area contributed by atoms with E-state index in [0.717, 1.165) is 34.4 Å². The van der Waals surface area contributed by atoms with Crippen molar-refractivity contribution in [1.29, 1.82) is 0 Å². The summed E-state index contributed by atoms with van der Waals surface area (Å²) in [5.41, 5.74) is 12.6. The number of anilines is 2. The summed E-state index contributed by atoms with van der Waals surface area (Å²) in [6.07, 6.45) is 0. The maximum Gasteiger partial charge on any atom is 3.00 e. The van der Waals surface area contributed by atoms with Gasteiger partial charge in [-0.1, -0.05) is 0 Å². The van der Waals surface area contributed by atoms with E-state index < -0.39 is 0 Å². The van der Waals surface area contributed by atoms with E-state index in [1.807, 2.05) is 97.1 Å². The van der Waals surface area contributed by atoms with Gasteiger partial charge in [0.2, 0.25) is 0 Å². The van der Waals surface area contributed by atoms with Gasteiger partial charge >= 0.3 is 32.7 Å². The molecule has 0 saturated carbocycles. The molecule has 0 atom stereocenters. The zero-order valence-corrected chi connectivity index (χ0v) is 18.6. The van der Waals surface area contributed by atoms with Crippen LogP contribution < -0.4 is 20.9 Å². The molecule has 0 bridgehead atoms. The molecule has 140 valence electrons. The predicted molar refractivity (Wildman–Crippen MR) is 112 cm³/mol. The molecule has 4 aromatic rings. The molecule has 0 spiro atoms. The van der Waals surface area contributed by atoms with Crippen LogP contribution in [0.1, 0.15) is 0 Å². The van der Waals surface area contributed by atoms with Crippen LogP contribution >= 0.6 is 0 Å². The molecule has 0 radical (unpaired) electrons. The Hall–Kier alpha value is -2.82. The standard InChI is InChI=1S/2C12H10NO.Y/c2*13-10-6-8-12(9-7-10)14-11-4-2-1-3-5-11;/h2*2-9H,13H2;/q2*-1;+3. The van der Waals surface area contributed by atoms with Crippen LogP contribution in [0, 0.1) is 12.1 Å². The fourth-order valence-corrected chi connectivity index (χ4v) is 2.22. The van der Waals surface area contributed by atoms with E-state index in [4.69, 9.17) is 20.9 Å². The second-order valence-electron chi connectivity index (χ2n) is 5.81. The fourth-order valence-electron chi connectivity index (χ4n) is 2.22. The van der Waals surface area contributed by atoms with Crippen molar-refractivity contribution in [3.05, 3.63) is 109 Å². The minimum atomic E-state index is 0. The van der Waals surface area contributed by atoms with E-state index in [2.05, 4.69) is 12.1 Å². The molecule has 4 aromatic carbocycles. The molecule has 4 N–H and O–H groups in total. The van der Waals surface area contributed by atoms with E-state index in [-0.39, 0.29) is 32.7 Å². The number of ether oxygens (including phenoxy) is 2. The van der Waals surface area contributed by atoms with Gasteiger partial charge in [0, 0.05) is 22.9 Å². The molecule has 0 saturated heterocycles. The molecule has 0 aliphatic heterocycles. The van der Waals surface area contributed by atoms with Gasteiger partial charge < -0.3 is 20.9 Å². The predicted octanol–water partition coefficient (Wildman–Crippen LogP) is 5.72. The van der Waals surface area contributed by atoms with Crippen molar-refractivity contribution in [2.24, 2.45) is 0 Å². The van der Waals surface area contributed by atoms with Crippen LogP contribution in [0.5, 0.6) is 23.0 Å². The minimum absolute atomic E-state index is 0. The fraction of sp³-hybridized carbons (Fsp3) is 0. The molecule has 29 heavy (non-hydrogen) atoms. The van der Waals surface area contributed by atoms with Gasteiger partial charge in [0.15, 0.2) is 0 Å². The van der Waals surface area contributed by atoms with Crippen molar-refractivity contribution in [1.82, 2.24) is 0 Å². The molecule has 0 unspecified atom stereocenters. The third-order valence-corrected chi connectivity index (χ3v) is 3.61. The first-order valence-corrected chi connectivity index (χ1v) is 8.68. The van der Waals surface area contributed by atoms with Gasteiger partial charge in [-0.25, -0.2) is 0 Å². The van der Waals surface area contributed by atoms with Gasteiger partial charge in [0.25, 0.3) is 0 Å². The van der Waals surface area contributed by atoms with E-state index in [0.29, 0.717) is 0 Å². The molecule has 0 amide bonds. The molecular weight excluding hydrogens is 437 g/mol. The summed E-state index contributed by atoms with van der Waals surface area (Å²) >= 11 is 0. The number of rotatable bonds is 4. The molecular formula is C24H20N2O2Y+. The first-order valence-electron chi connectivity index (χ1n) is 8.68. The molecule has 4 rings (SSSR count). The Balaban J connectivity index is 0.000000200. The summed E-state index contributed by atoms with van der Waals surface area (Å²) in [5.74, 6) is 3.16. The van der Waals surface area contributed by atoms with Gasteiger partial charge in [-0.15, -0.1) is 24.3 Å². The quantitative estimate of drug-likeness (QED) is 0.304. The van der Waals surface area contributed by atoms with Crippen molar-refractivity contribution in [2.75, 3.05) is 11.5 Å². The third kappa shape index (κ3) is 7.98. The topological polar surface area (TPSA) is 70.5 Å². The first-order chi connectivity index (χ1) is 13.7. The molecule has 0 aliphatic carbocycles. The van der Waals surface area contributed by atoms with E-state index in [1.165, 1.54) is 0 Å². The molecule has 0 heterocycles. The first kappa shape index (κ1) is 22.5. The molecule has 0 aromatic heterocycles. The van der Waals surface area contributed by atoms with Crippen molar-refractivity contribution >= 4 is 11.4 Å². The zero-order valence-electron chi connectivity index (χ0n) is 15.8. The summed E-state index contributed by atoms with van der Waals surface area (Å²) in [5, 5.41) is 0. The average Bonchev–Trinajstić information content (AvgIpc) is 2.74. The molecule has 5 heteroatoms. The van der Waals surface area contributed by atoms with Crippen LogP contribution in [0.4, 0.5) is 11.4 Å². The van der Waals surface area contributed by atoms with Crippen LogP contribution in [-0.2, 0) is 32.7 Å². The minimum Gasteiger partial charge on any atom is -0.483 e. The van der Waals surface area contributed by atoms with Gasteiger partial charge in [-0.2, -0.15) is 36.4 Å². The second-order valence-corrected chi connectivity index (χ2v) is 5.81. The SMILES string of the molecule is Nc1ccc(Oc2cc[c-]cc2)cc1.Nc1ccc(Oc2cc[c-]cc2)cc1.[Y+3]. The van der Waals surface area contributed by atoms with Crippen LogP contribution in [0.15, 0.2) is 97.1 Å². The van der Waals surface area contributed by atoms with Crippen LogP contribution in [-0.4, -0.2) is 0 Å². The van der Waals surface area contributed by atoms with Gasteiger partial charge in [-0.3, -0.25) is 0 Å². The van der Waals surface area contributed by atoms with E-state index in [9.17, 15) is 0 Å². The largest absolute Gasteiger partial charge is 3.00 e. The van der Waals surface area contributed by atoms with Crippen LogP contribution in [0.2, 0.25) is 0 Å².